The van der Waals surface area contributed by atoms with E-state index in [4.69, 9.17) is 5.73 Å². The molecule has 0 amide bonds. The molecule has 8 nitrogen and oxygen atoms in total. The molecule has 0 bridgehead atoms. The van der Waals surface area contributed by atoms with Gasteiger partial charge in [-0.3, -0.25) is 10.1 Å². The van der Waals surface area contributed by atoms with Crippen molar-refractivity contribution >= 4 is 33.2 Å². The minimum atomic E-state index is -3.11. The summed E-state index contributed by atoms with van der Waals surface area (Å²) in [6.07, 6.45) is 1.10. The zero-order valence-corrected chi connectivity index (χ0v) is 11.4. The predicted octanol–water partition coefficient (Wildman–Crippen LogP) is 0.412. The molecule has 2 N–H and O–H groups in total. The first-order chi connectivity index (χ1) is 8.20. The summed E-state index contributed by atoms with van der Waals surface area (Å²) in [7, 11) is -3.11. The summed E-state index contributed by atoms with van der Waals surface area (Å²) in [5.41, 5.74) is 5.34. The first-order valence-corrected chi connectivity index (χ1v) is 7.84. The lowest BCUT2D eigenvalue weighted by Crippen LogP contribution is -2.07. The van der Waals surface area contributed by atoms with Crippen LogP contribution >= 0.6 is 11.8 Å². The van der Waals surface area contributed by atoms with Crippen LogP contribution in [0.25, 0.3) is 0 Å². The van der Waals surface area contributed by atoms with Gasteiger partial charge in [-0.15, -0.1) is 0 Å². The Morgan fingerprint density at radius 1 is 1.44 bits per heavy atom. The molecule has 18 heavy (non-hydrogen) atoms. The first kappa shape index (κ1) is 14.6. The van der Waals surface area contributed by atoms with Crippen LogP contribution in [0.3, 0.4) is 0 Å². The Balaban J connectivity index is 2.97. The Kier molecular flexibility index (Phi) is 4.46. The van der Waals surface area contributed by atoms with Crippen LogP contribution in [0, 0.1) is 17.0 Å². The van der Waals surface area contributed by atoms with E-state index in [2.05, 4.69) is 9.97 Å². The quantitative estimate of drug-likeness (QED) is 0.357. The van der Waals surface area contributed by atoms with E-state index >= 15 is 0 Å². The van der Waals surface area contributed by atoms with Gasteiger partial charge in [0.2, 0.25) is 5.95 Å². The van der Waals surface area contributed by atoms with Crippen LogP contribution in [-0.4, -0.2) is 41.1 Å². The van der Waals surface area contributed by atoms with E-state index in [1.807, 2.05) is 0 Å². The van der Waals surface area contributed by atoms with Crippen molar-refractivity contribution in [2.24, 2.45) is 0 Å². The molecule has 0 spiro atoms. The number of nitrogen functional groups attached to an aromatic ring is 1. The number of nitro groups is 1. The fourth-order valence-corrected chi connectivity index (χ4v) is 3.42. The average molecular weight is 292 g/mol. The van der Waals surface area contributed by atoms with Crippen LogP contribution in [0.15, 0.2) is 5.03 Å². The fraction of sp³-hybridized carbons (Fsp3) is 0.500. The number of rotatable bonds is 5. The molecule has 1 heterocycles. The first-order valence-electron chi connectivity index (χ1n) is 4.79. The van der Waals surface area contributed by atoms with E-state index in [-0.39, 0.29) is 33.9 Å². The SMILES string of the molecule is Cc1nc(N)nc(SCCS(C)(=O)=O)c1[N+](=O)[O-]. The summed E-state index contributed by atoms with van der Waals surface area (Å²) in [6, 6.07) is 0. The molecule has 0 aliphatic carbocycles. The molecular formula is C8H12N4O4S2. The van der Waals surface area contributed by atoms with Gasteiger partial charge in [-0.05, 0) is 6.92 Å². The molecule has 100 valence electrons. The largest absolute Gasteiger partial charge is 0.368 e. The van der Waals surface area contributed by atoms with Gasteiger partial charge in [-0.1, -0.05) is 11.8 Å². The van der Waals surface area contributed by atoms with Crippen LogP contribution in [0.4, 0.5) is 11.6 Å². The number of aromatic nitrogens is 2. The van der Waals surface area contributed by atoms with Gasteiger partial charge in [-0.2, -0.15) is 4.98 Å². The second kappa shape index (κ2) is 5.48. The number of aryl methyl sites for hydroxylation is 1. The Bertz CT molecular complexity index is 573. The topological polar surface area (TPSA) is 129 Å². The lowest BCUT2D eigenvalue weighted by molar-refractivity contribution is -0.389. The van der Waals surface area contributed by atoms with Crippen LogP contribution in [0.2, 0.25) is 0 Å². The molecule has 0 aliphatic rings. The van der Waals surface area contributed by atoms with Crippen LogP contribution in [0.1, 0.15) is 5.69 Å². The maximum atomic E-state index is 11.0. The predicted molar refractivity (Wildman–Crippen MR) is 68.3 cm³/mol. The van der Waals surface area contributed by atoms with Crippen molar-refractivity contribution in [1.82, 2.24) is 9.97 Å². The summed E-state index contributed by atoms with van der Waals surface area (Å²) in [6.45, 7) is 1.46. The van der Waals surface area contributed by atoms with Crippen molar-refractivity contribution in [2.45, 2.75) is 11.9 Å². The highest BCUT2D eigenvalue weighted by Gasteiger charge is 2.22. The van der Waals surface area contributed by atoms with Crippen molar-refractivity contribution in [3.63, 3.8) is 0 Å². The number of anilines is 1. The maximum Gasteiger partial charge on any atom is 0.322 e. The number of thioether (sulfide) groups is 1. The van der Waals surface area contributed by atoms with E-state index in [0.717, 1.165) is 18.0 Å². The summed E-state index contributed by atoms with van der Waals surface area (Å²) in [5.74, 6) is 0.0211. The maximum absolute atomic E-state index is 11.0. The summed E-state index contributed by atoms with van der Waals surface area (Å²) < 4.78 is 21.9. The van der Waals surface area contributed by atoms with Gasteiger partial charge >= 0.3 is 5.69 Å². The van der Waals surface area contributed by atoms with Gasteiger partial charge in [-0.25, -0.2) is 13.4 Å². The fourth-order valence-electron chi connectivity index (χ4n) is 1.16. The van der Waals surface area contributed by atoms with Crippen LogP contribution < -0.4 is 5.73 Å². The third-order valence-electron chi connectivity index (χ3n) is 1.92. The van der Waals surface area contributed by atoms with Crippen molar-refractivity contribution in [3.8, 4) is 0 Å². The van der Waals surface area contributed by atoms with E-state index in [9.17, 15) is 18.5 Å². The van der Waals surface area contributed by atoms with Crippen molar-refractivity contribution in [2.75, 3.05) is 23.5 Å². The summed E-state index contributed by atoms with van der Waals surface area (Å²) >= 11 is 0.979. The Morgan fingerprint density at radius 2 is 2.06 bits per heavy atom. The van der Waals surface area contributed by atoms with Crippen LogP contribution in [0.5, 0.6) is 0 Å². The Labute approximate surface area is 108 Å². The van der Waals surface area contributed by atoms with Gasteiger partial charge in [0.15, 0.2) is 5.03 Å². The normalized spacial score (nSPS) is 11.4. The minimum Gasteiger partial charge on any atom is -0.368 e. The molecule has 1 aromatic heterocycles. The molecule has 0 fully saturated rings. The van der Waals surface area contributed by atoms with Gasteiger partial charge in [0.1, 0.15) is 15.5 Å². The third kappa shape index (κ3) is 4.11. The Hall–Kier alpha value is -1.42. The summed E-state index contributed by atoms with van der Waals surface area (Å²) in [5, 5.41) is 11.0. The average Bonchev–Trinajstić information content (AvgIpc) is 2.13. The van der Waals surface area contributed by atoms with E-state index in [1.165, 1.54) is 6.92 Å². The Morgan fingerprint density at radius 3 is 2.56 bits per heavy atom. The van der Waals surface area contributed by atoms with Crippen LogP contribution in [-0.2, 0) is 9.84 Å². The number of hydrogen-bond donors (Lipinski definition) is 1. The highest BCUT2D eigenvalue weighted by atomic mass is 32.2. The molecule has 0 saturated carbocycles. The molecule has 0 aliphatic heterocycles. The summed E-state index contributed by atoms with van der Waals surface area (Å²) in [4.78, 5) is 17.7. The molecule has 0 saturated heterocycles. The van der Waals surface area contributed by atoms with E-state index in [1.54, 1.807) is 0 Å². The highest BCUT2D eigenvalue weighted by Crippen LogP contribution is 2.29. The molecule has 0 radical (unpaired) electrons. The molecule has 1 rings (SSSR count). The van der Waals surface area contributed by atoms with E-state index < -0.39 is 14.8 Å². The van der Waals surface area contributed by atoms with E-state index in [0.29, 0.717) is 0 Å². The zero-order chi connectivity index (χ0) is 13.9. The number of nitrogens with zero attached hydrogens (tertiary/aromatic N) is 3. The van der Waals surface area contributed by atoms with Gasteiger partial charge in [0.05, 0.1) is 10.7 Å². The van der Waals surface area contributed by atoms with Gasteiger partial charge in [0, 0.05) is 12.0 Å². The monoisotopic (exact) mass is 292 g/mol. The second-order valence-electron chi connectivity index (χ2n) is 3.56. The number of sulfone groups is 1. The molecule has 0 atom stereocenters. The van der Waals surface area contributed by atoms with Gasteiger partial charge in [0.25, 0.3) is 0 Å². The molecular weight excluding hydrogens is 280 g/mol. The van der Waals surface area contributed by atoms with Crippen molar-refractivity contribution in [1.29, 1.82) is 0 Å². The standard InChI is InChI=1S/C8H12N4O4S2/c1-5-6(12(13)14)7(11-8(9)10-5)17-3-4-18(2,15)16/h3-4H2,1-2H3,(H2,9,10,11). The number of hydrogen-bond acceptors (Lipinski definition) is 8. The molecule has 0 aromatic carbocycles. The number of nitrogens with two attached hydrogens (primary N) is 1. The lowest BCUT2D eigenvalue weighted by Gasteiger charge is -2.04. The molecule has 1 aromatic rings. The third-order valence-corrected chi connectivity index (χ3v) is 4.09. The van der Waals surface area contributed by atoms with Crippen molar-refractivity contribution in [3.05, 3.63) is 15.8 Å². The molecule has 10 heteroatoms. The second-order valence-corrected chi connectivity index (χ2v) is 6.90. The van der Waals surface area contributed by atoms with Crippen molar-refractivity contribution < 1.29 is 13.3 Å². The smallest absolute Gasteiger partial charge is 0.322 e. The van der Waals surface area contributed by atoms with Gasteiger partial charge < -0.3 is 5.73 Å². The highest BCUT2D eigenvalue weighted by molar-refractivity contribution is 8.00. The zero-order valence-electron chi connectivity index (χ0n) is 9.78. The molecule has 0 unspecified atom stereocenters. The minimum absolute atomic E-state index is 0.0695. The lowest BCUT2D eigenvalue weighted by atomic mass is 10.4.